The Morgan fingerprint density at radius 2 is 2.24 bits per heavy atom. The Kier molecular flexibility index (Phi) is 5.96. The van der Waals surface area contributed by atoms with Crippen molar-refractivity contribution in [1.82, 2.24) is 20.4 Å². The number of amides is 2. The monoisotopic (exact) mass is 310 g/mol. The van der Waals surface area contributed by atoms with E-state index in [9.17, 15) is 4.79 Å². The van der Waals surface area contributed by atoms with Gasteiger partial charge in [-0.15, -0.1) is 0 Å². The Balaban J connectivity index is 1.81. The van der Waals surface area contributed by atoms with E-state index < -0.39 is 0 Å². The molecule has 118 valence electrons. The van der Waals surface area contributed by atoms with Gasteiger partial charge in [0, 0.05) is 36.1 Å². The number of hydrogen-bond donors (Lipinski definition) is 2. The molecular formula is C15H26N4OS. The first-order valence-electron chi connectivity index (χ1n) is 7.75. The first-order chi connectivity index (χ1) is 10.1. The van der Waals surface area contributed by atoms with Crippen molar-refractivity contribution in [2.24, 2.45) is 7.05 Å². The predicted octanol–water partition coefficient (Wildman–Crippen LogP) is 2.59. The molecule has 0 bridgehead atoms. The minimum absolute atomic E-state index is 0.0631. The molecule has 1 aromatic rings. The van der Waals surface area contributed by atoms with Crippen LogP contribution in [-0.2, 0) is 13.6 Å². The van der Waals surface area contributed by atoms with Gasteiger partial charge in [0.25, 0.3) is 0 Å². The summed E-state index contributed by atoms with van der Waals surface area (Å²) in [5, 5.41) is 10.9. The summed E-state index contributed by atoms with van der Waals surface area (Å²) in [4.78, 5) is 12.1. The highest BCUT2D eigenvalue weighted by Gasteiger charge is 2.26. The lowest BCUT2D eigenvalue weighted by Crippen LogP contribution is -2.47. The van der Waals surface area contributed by atoms with Crippen LogP contribution >= 0.6 is 11.8 Å². The van der Waals surface area contributed by atoms with Gasteiger partial charge >= 0.3 is 6.03 Å². The summed E-state index contributed by atoms with van der Waals surface area (Å²) >= 11 is 1.97. The van der Waals surface area contributed by atoms with Gasteiger partial charge in [0.15, 0.2) is 0 Å². The third-order valence-corrected chi connectivity index (χ3v) is 5.50. The standard InChI is InChI=1S/C15H26N4OS/c1-4-21-14-8-6-5-7-13(14)18-15(20)16-9-12-10-17-19(3)11(12)2/h10,13-14H,4-9H2,1-3H3,(H2,16,18,20)/t13-,14+/m0/s1. The van der Waals surface area contributed by atoms with E-state index in [-0.39, 0.29) is 6.03 Å². The lowest BCUT2D eigenvalue weighted by atomic mass is 9.95. The van der Waals surface area contributed by atoms with E-state index in [1.165, 1.54) is 19.3 Å². The molecule has 1 fully saturated rings. The van der Waals surface area contributed by atoms with Gasteiger partial charge in [0.2, 0.25) is 0 Å². The fourth-order valence-corrected chi connectivity index (χ4v) is 3.99. The van der Waals surface area contributed by atoms with Crippen LogP contribution in [0.3, 0.4) is 0 Å². The van der Waals surface area contributed by atoms with Crippen LogP contribution in [0.25, 0.3) is 0 Å². The van der Waals surface area contributed by atoms with Crippen molar-refractivity contribution in [2.45, 2.75) is 57.4 Å². The maximum Gasteiger partial charge on any atom is 0.315 e. The molecule has 1 aliphatic rings. The van der Waals surface area contributed by atoms with Gasteiger partial charge in [-0.05, 0) is 25.5 Å². The minimum atomic E-state index is -0.0631. The maximum absolute atomic E-state index is 12.1. The second-order valence-electron chi connectivity index (χ2n) is 5.59. The molecule has 2 amide bonds. The number of aromatic nitrogens is 2. The molecule has 2 rings (SSSR count). The van der Waals surface area contributed by atoms with Gasteiger partial charge in [-0.25, -0.2) is 4.79 Å². The van der Waals surface area contributed by atoms with Crippen LogP contribution < -0.4 is 10.6 Å². The molecule has 0 unspecified atom stereocenters. The van der Waals surface area contributed by atoms with E-state index in [4.69, 9.17) is 0 Å². The van der Waals surface area contributed by atoms with Crippen molar-refractivity contribution in [3.63, 3.8) is 0 Å². The van der Waals surface area contributed by atoms with Crippen molar-refractivity contribution in [1.29, 1.82) is 0 Å². The highest BCUT2D eigenvalue weighted by atomic mass is 32.2. The van der Waals surface area contributed by atoms with Crippen LogP contribution in [0.5, 0.6) is 0 Å². The van der Waals surface area contributed by atoms with Crippen molar-refractivity contribution < 1.29 is 4.79 Å². The molecule has 0 saturated heterocycles. The quantitative estimate of drug-likeness (QED) is 0.879. The van der Waals surface area contributed by atoms with E-state index >= 15 is 0 Å². The molecule has 1 saturated carbocycles. The molecule has 5 nitrogen and oxygen atoms in total. The Morgan fingerprint density at radius 1 is 1.48 bits per heavy atom. The number of aryl methyl sites for hydroxylation is 1. The topological polar surface area (TPSA) is 59.0 Å². The van der Waals surface area contributed by atoms with Gasteiger partial charge in [-0.1, -0.05) is 19.8 Å². The Labute approximate surface area is 131 Å². The van der Waals surface area contributed by atoms with Crippen LogP contribution in [-0.4, -0.2) is 32.9 Å². The molecule has 0 aromatic carbocycles. The average molecular weight is 310 g/mol. The van der Waals surface area contributed by atoms with E-state index in [0.29, 0.717) is 17.8 Å². The second kappa shape index (κ2) is 7.73. The van der Waals surface area contributed by atoms with Gasteiger partial charge in [-0.3, -0.25) is 4.68 Å². The summed E-state index contributed by atoms with van der Waals surface area (Å²) in [6, 6.07) is 0.241. The number of carbonyl (C=O) groups is 1. The Morgan fingerprint density at radius 3 is 2.90 bits per heavy atom. The van der Waals surface area contributed by atoms with E-state index in [1.807, 2.05) is 36.6 Å². The number of thioether (sulfide) groups is 1. The number of rotatable bonds is 5. The summed E-state index contributed by atoms with van der Waals surface area (Å²) in [6.45, 7) is 4.72. The summed E-state index contributed by atoms with van der Waals surface area (Å²) in [6.07, 6.45) is 6.62. The van der Waals surface area contributed by atoms with Gasteiger partial charge in [0.1, 0.15) is 0 Å². The molecule has 2 N–H and O–H groups in total. The van der Waals surface area contributed by atoms with Crippen LogP contribution in [0.2, 0.25) is 0 Å². The molecule has 1 aliphatic carbocycles. The molecule has 0 aliphatic heterocycles. The fourth-order valence-electron chi connectivity index (χ4n) is 2.79. The van der Waals surface area contributed by atoms with E-state index in [1.54, 1.807) is 0 Å². The van der Waals surface area contributed by atoms with Crippen molar-refractivity contribution in [3.05, 3.63) is 17.5 Å². The van der Waals surface area contributed by atoms with Gasteiger partial charge in [-0.2, -0.15) is 16.9 Å². The molecular weight excluding hydrogens is 284 g/mol. The zero-order valence-electron chi connectivity index (χ0n) is 13.2. The number of carbonyl (C=O) groups excluding carboxylic acids is 1. The first-order valence-corrected chi connectivity index (χ1v) is 8.80. The average Bonchev–Trinajstić information content (AvgIpc) is 2.79. The van der Waals surface area contributed by atoms with Crippen LogP contribution in [0.1, 0.15) is 43.9 Å². The predicted molar refractivity (Wildman–Crippen MR) is 87.5 cm³/mol. The number of nitrogens with zero attached hydrogens (tertiary/aromatic N) is 2. The van der Waals surface area contributed by atoms with Crippen LogP contribution in [0, 0.1) is 6.92 Å². The Bertz CT molecular complexity index is 472. The van der Waals surface area contributed by atoms with Gasteiger partial charge < -0.3 is 10.6 Å². The molecule has 6 heteroatoms. The number of hydrogen-bond acceptors (Lipinski definition) is 3. The molecule has 1 heterocycles. The second-order valence-corrected chi connectivity index (χ2v) is 7.11. The minimum Gasteiger partial charge on any atom is -0.334 e. The number of nitrogens with one attached hydrogen (secondary N) is 2. The Hall–Kier alpha value is -1.17. The lowest BCUT2D eigenvalue weighted by Gasteiger charge is -2.31. The summed E-state index contributed by atoms with van der Waals surface area (Å²) in [5.41, 5.74) is 2.16. The third-order valence-electron chi connectivity index (χ3n) is 4.18. The molecule has 0 spiro atoms. The molecule has 1 aromatic heterocycles. The number of urea groups is 1. The third kappa shape index (κ3) is 4.40. The maximum atomic E-state index is 12.1. The zero-order chi connectivity index (χ0) is 15.2. The van der Waals surface area contributed by atoms with Crippen molar-refractivity contribution in [2.75, 3.05) is 5.75 Å². The molecule has 0 radical (unpaired) electrons. The highest BCUT2D eigenvalue weighted by Crippen LogP contribution is 2.28. The normalized spacial score (nSPS) is 22.0. The summed E-state index contributed by atoms with van der Waals surface area (Å²) in [7, 11) is 1.91. The zero-order valence-corrected chi connectivity index (χ0v) is 14.0. The fraction of sp³-hybridized carbons (Fsp3) is 0.733. The smallest absolute Gasteiger partial charge is 0.315 e. The largest absolute Gasteiger partial charge is 0.334 e. The summed E-state index contributed by atoms with van der Waals surface area (Å²) < 4.78 is 1.82. The SMILES string of the molecule is CCS[C@@H]1CCCC[C@@H]1NC(=O)NCc1cnn(C)c1C. The van der Waals surface area contributed by atoms with Gasteiger partial charge in [0.05, 0.1) is 6.20 Å². The molecule has 21 heavy (non-hydrogen) atoms. The van der Waals surface area contributed by atoms with Crippen molar-refractivity contribution in [3.8, 4) is 0 Å². The van der Waals surface area contributed by atoms with Crippen LogP contribution in [0.15, 0.2) is 6.20 Å². The lowest BCUT2D eigenvalue weighted by molar-refractivity contribution is 0.233. The highest BCUT2D eigenvalue weighted by molar-refractivity contribution is 7.99. The van der Waals surface area contributed by atoms with Crippen LogP contribution in [0.4, 0.5) is 4.79 Å². The summed E-state index contributed by atoms with van der Waals surface area (Å²) in [5.74, 6) is 1.11. The van der Waals surface area contributed by atoms with E-state index in [0.717, 1.165) is 23.4 Å². The van der Waals surface area contributed by atoms with E-state index in [2.05, 4.69) is 22.7 Å². The van der Waals surface area contributed by atoms with Crippen molar-refractivity contribution >= 4 is 17.8 Å². The molecule has 2 atom stereocenters. The first kappa shape index (κ1) is 16.2.